The van der Waals surface area contributed by atoms with E-state index in [9.17, 15) is 4.39 Å². The first-order valence-corrected chi connectivity index (χ1v) is 6.09. The first-order valence-electron chi connectivity index (χ1n) is 5.71. The molecule has 0 radical (unpaired) electrons. The molecule has 6 heteroatoms. The largest absolute Gasteiger partial charge is 0.467 e. The van der Waals surface area contributed by atoms with Crippen LogP contribution in [0.4, 0.5) is 10.2 Å². The molecular formula is C12H11ClFN3O. The molecule has 0 saturated heterocycles. The molecule has 0 unspecified atom stereocenters. The van der Waals surface area contributed by atoms with Crippen molar-refractivity contribution < 1.29 is 8.81 Å². The first kappa shape index (κ1) is 11.5. The lowest BCUT2D eigenvalue weighted by atomic mass is 10.3. The number of halogens is 2. The zero-order valence-corrected chi connectivity index (χ0v) is 10.3. The van der Waals surface area contributed by atoms with Gasteiger partial charge in [-0.25, -0.2) is 9.37 Å². The van der Waals surface area contributed by atoms with Gasteiger partial charge >= 0.3 is 0 Å². The third-order valence-electron chi connectivity index (χ3n) is 2.86. The van der Waals surface area contributed by atoms with Crippen LogP contribution in [0.5, 0.6) is 0 Å². The first-order chi connectivity index (χ1) is 8.74. The highest BCUT2D eigenvalue weighted by molar-refractivity contribution is 6.28. The third kappa shape index (κ3) is 2.31. The average molecular weight is 268 g/mol. The normalized spacial score (nSPS) is 14.8. The second-order valence-corrected chi connectivity index (χ2v) is 4.59. The van der Waals surface area contributed by atoms with E-state index in [-0.39, 0.29) is 11.1 Å². The van der Waals surface area contributed by atoms with Crippen LogP contribution in [-0.4, -0.2) is 16.0 Å². The van der Waals surface area contributed by atoms with E-state index >= 15 is 0 Å². The van der Waals surface area contributed by atoms with E-state index in [0.717, 1.165) is 24.8 Å². The summed E-state index contributed by atoms with van der Waals surface area (Å²) >= 11 is 5.73. The van der Waals surface area contributed by atoms with Crippen molar-refractivity contribution in [2.24, 2.45) is 0 Å². The maximum atomic E-state index is 13.8. The van der Waals surface area contributed by atoms with Gasteiger partial charge in [-0.05, 0) is 36.6 Å². The van der Waals surface area contributed by atoms with Gasteiger partial charge in [0.1, 0.15) is 5.76 Å². The van der Waals surface area contributed by atoms with E-state index in [1.54, 1.807) is 6.26 Å². The molecule has 0 atom stereocenters. The third-order valence-corrected chi connectivity index (χ3v) is 3.04. The standard InChI is InChI=1S/C12H11ClFN3O/c13-12-15-6-10(14)11(16-12)17(8-3-4-8)7-9-2-1-5-18-9/h1-2,5-6,8H,3-4,7H2. The lowest BCUT2D eigenvalue weighted by Gasteiger charge is -2.22. The summed E-state index contributed by atoms with van der Waals surface area (Å²) in [4.78, 5) is 9.48. The Morgan fingerprint density at radius 3 is 3.00 bits per heavy atom. The highest BCUT2D eigenvalue weighted by Gasteiger charge is 2.32. The molecular weight excluding hydrogens is 257 g/mol. The Bertz CT molecular complexity index is 542. The smallest absolute Gasteiger partial charge is 0.224 e. The minimum Gasteiger partial charge on any atom is -0.467 e. The van der Waals surface area contributed by atoms with Gasteiger partial charge in [0, 0.05) is 6.04 Å². The van der Waals surface area contributed by atoms with Crippen molar-refractivity contribution in [3.05, 3.63) is 41.5 Å². The second-order valence-electron chi connectivity index (χ2n) is 4.25. The van der Waals surface area contributed by atoms with Crippen molar-refractivity contribution >= 4 is 17.4 Å². The molecule has 2 heterocycles. The van der Waals surface area contributed by atoms with Crippen LogP contribution in [0.15, 0.2) is 29.0 Å². The van der Waals surface area contributed by atoms with Crippen LogP contribution in [0, 0.1) is 5.82 Å². The summed E-state index contributed by atoms with van der Waals surface area (Å²) in [6.45, 7) is 0.488. The molecule has 1 aliphatic carbocycles. The van der Waals surface area contributed by atoms with Gasteiger partial charge < -0.3 is 9.32 Å². The van der Waals surface area contributed by atoms with Crippen molar-refractivity contribution in [2.75, 3.05) is 4.90 Å². The summed E-state index contributed by atoms with van der Waals surface area (Å²) in [7, 11) is 0. The van der Waals surface area contributed by atoms with Gasteiger partial charge in [-0.1, -0.05) is 0 Å². The second kappa shape index (κ2) is 4.57. The van der Waals surface area contributed by atoms with E-state index in [4.69, 9.17) is 16.0 Å². The lowest BCUT2D eigenvalue weighted by molar-refractivity contribution is 0.496. The summed E-state index contributed by atoms with van der Waals surface area (Å²) in [5.74, 6) is 0.558. The minimum absolute atomic E-state index is 0.0523. The summed E-state index contributed by atoms with van der Waals surface area (Å²) in [6.07, 6.45) is 4.76. The van der Waals surface area contributed by atoms with Crippen molar-refractivity contribution in [3.63, 3.8) is 0 Å². The Kier molecular flexibility index (Phi) is 2.91. The number of hydrogen-bond donors (Lipinski definition) is 0. The summed E-state index contributed by atoms with van der Waals surface area (Å²) in [5, 5.41) is 0.0523. The SMILES string of the molecule is Fc1cnc(Cl)nc1N(Cc1ccco1)C1CC1. The van der Waals surface area contributed by atoms with E-state index in [1.165, 1.54) is 0 Å². The molecule has 1 aliphatic rings. The van der Waals surface area contributed by atoms with Gasteiger partial charge in [0.15, 0.2) is 11.6 Å². The van der Waals surface area contributed by atoms with Crippen molar-refractivity contribution in [1.82, 2.24) is 9.97 Å². The molecule has 0 N–H and O–H groups in total. The van der Waals surface area contributed by atoms with Crippen LogP contribution in [-0.2, 0) is 6.54 Å². The molecule has 1 saturated carbocycles. The molecule has 2 aromatic rings. The molecule has 3 rings (SSSR count). The van der Waals surface area contributed by atoms with Gasteiger partial charge in [-0.15, -0.1) is 0 Å². The number of hydrogen-bond acceptors (Lipinski definition) is 4. The van der Waals surface area contributed by atoms with Crippen molar-refractivity contribution in [2.45, 2.75) is 25.4 Å². The van der Waals surface area contributed by atoms with Gasteiger partial charge in [0.2, 0.25) is 5.28 Å². The van der Waals surface area contributed by atoms with Gasteiger partial charge in [0.05, 0.1) is 19.0 Å². The Hall–Kier alpha value is -1.62. The molecule has 0 spiro atoms. The van der Waals surface area contributed by atoms with E-state index < -0.39 is 5.82 Å². The number of furan rings is 1. The highest BCUT2D eigenvalue weighted by atomic mass is 35.5. The fourth-order valence-corrected chi connectivity index (χ4v) is 2.00. The summed E-state index contributed by atoms with van der Waals surface area (Å²) in [6, 6.07) is 3.97. The molecule has 94 valence electrons. The van der Waals surface area contributed by atoms with Crippen LogP contribution in [0.25, 0.3) is 0 Å². The Morgan fingerprint density at radius 2 is 2.33 bits per heavy atom. The summed E-state index contributed by atoms with van der Waals surface area (Å²) in [5.41, 5.74) is 0. The van der Waals surface area contributed by atoms with Gasteiger partial charge in [0.25, 0.3) is 0 Å². The zero-order valence-electron chi connectivity index (χ0n) is 9.51. The number of rotatable bonds is 4. The van der Waals surface area contributed by atoms with E-state index in [0.29, 0.717) is 12.6 Å². The predicted molar refractivity (Wildman–Crippen MR) is 64.9 cm³/mol. The van der Waals surface area contributed by atoms with E-state index in [2.05, 4.69) is 9.97 Å². The molecule has 0 aliphatic heterocycles. The topological polar surface area (TPSA) is 42.2 Å². The summed E-state index contributed by atoms with van der Waals surface area (Å²) < 4.78 is 19.1. The lowest BCUT2D eigenvalue weighted by Crippen LogP contribution is -2.27. The Balaban J connectivity index is 1.91. The monoisotopic (exact) mass is 267 g/mol. The van der Waals surface area contributed by atoms with Gasteiger partial charge in [-0.3, -0.25) is 0 Å². The predicted octanol–water partition coefficient (Wildman–Crippen LogP) is 3.03. The number of nitrogens with zero attached hydrogens (tertiary/aromatic N) is 3. The van der Waals surface area contributed by atoms with E-state index in [1.807, 2.05) is 17.0 Å². The fourth-order valence-electron chi connectivity index (χ4n) is 1.87. The van der Waals surface area contributed by atoms with Crippen LogP contribution in [0.1, 0.15) is 18.6 Å². The van der Waals surface area contributed by atoms with Crippen molar-refractivity contribution in [1.29, 1.82) is 0 Å². The minimum atomic E-state index is -0.460. The number of aromatic nitrogens is 2. The van der Waals surface area contributed by atoms with Crippen LogP contribution in [0.3, 0.4) is 0 Å². The van der Waals surface area contributed by atoms with Crippen LogP contribution in [0.2, 0.25) is 5.28 Å². The number of anilines is 1. The Morgan fingerprint density at radius 1 is 1.50 bits per heavy atom. The fraction of sp³-hybridized carbons (Fsp3) is 0.333. The van der Waals surface area contributed by atoms with Crippen LogP contribution >= 0.6 is 11.6 Å². The molecule has 18 heavy (non-hydrogen) atoms. The Labute approximate surface area is 108 Å². The van der Waals surface area contributed by atoms with Crippen molar-refractivity contribution in [3.8, 4) is 0 Å². The van der Waals surface area contributed by atoms with Crippen LogP contribution < -0.4 is 4.90 Å². The maximum Gasteiger partial charge on any atom is 0.224 e. The quantitative estimate of drug-likeness (QED) is 0.799. The van der Waals surface area contributed by atoms with Gasteiger partial charge in [-0.2, -0.15) is 4.98 Å². The highest BCUT2D eigenvalue weighted by Crippen LogP contribution is 2.33. The maximum absolute atomic E-state index is 13.8. The molecule has 0 aromatic carbocycles. The molecule has 1 fully saturated rings. The average Bonchev–Trinajstić information content (AvgIpc) is 3.07. The molecule has 0 bridgehead atoms. The molecule has 2 aromatic heterocycles. The zero-order chi connectivity index (χ0) is 12.5. The molecule has 0 amide bonds. The molecule has 4 nitrogen and oxygen atoms in total.